The zero-order chi connectivity index (χ0) is 14.8. The van der Waals surface area contributed by atoms with E-state index in [0.717, 1.165) is 30.5 Å². The number of hydrazone groups is 1. The second kappa shape index (κ2) is 5.65. The smallest absolute Gasteiger partial charge is 0.281 e. The van der Waals surface area contributed by atoms with E-state index in [2.05, 4.69) is 20.7 Å². The molecule has 3 rings (SSSR count). The summed E-state index contributed by atoms with van der Waals surface area (Å²) >= 11 is 5.86. The maximum Gasteiger partial charge on any atom is 0.292 e. The lowest BCUT2D eigenvalue weighted by Gasteiger charge is -2.00. The third kappa shape index (κ3) is 2.67. The number of carbonyl (C=O) groups excluding carboxylic acids is 1. The minimum absolute atomic E-state index is 0.131. The summed E-state index contributed by atoms with van der Waals surface area (Å²) in [6.07, 6.45) is 3.93. The van der Waals surface area contributed by atoms with E-state index in [9.17, 15) is 9.18 Å². The minimum atomic E-state index is -0.499. The van der Waals surface area contributed by atoms with Crippen LogP contribution in [0.2, 0.25) is 5.02 Å². The van der Waals surface area contributed by atoms with Crippen LogP contribution in [0, 0.1) is 5.82 Å². The standard InChI is InChI=1S/C14H12ClFN4O/c15-10-4-2-5-11(16)9(10)7-17-20-14(21)13-8-3-1-6-12(8)18-19-13/h2,4-5,7H,1,3,6H2,(H,18,19)(H,20,21)/b17-7-. The first-order valence-electron chi connectivity index (χ1n) is 6.50. The van der Waals surface area contributed by atoms with Crippen molar-refractivity contribution in [3.8, 4) is 0 Å². The summed E-state index contributed by atoms with van der Waals surface area (Å²) in [6.45, 7) is 0. The van der Waals surface area contributed by atoms with Crippen molar-refractivity contribution < 1.29 is 9.18 Å². The summed E-state index contributed by atoms with van der Waals surface area (Å²) in [5.41, 5.74) is 4.76. The summed E-state index contributed by atoms with van der Waals surface area (Å²) in [4.78, 5) is 12.0. The first kappa shape index (κ1) is 13.8. The van der Waals surface area contributed by atoms with Gasteiger partial charge in [-0.15, -0.1) is 0 Å². The molecular formula is C14H12ClFN4O. The van der Waals surface area contributed by atoms with Crippen LogP contribution in [-0.2, 0) is 12.8 Å². The lowest BCUT2D eigenvalue weighted by Crippen LogP contribution is -2.19. The van der Waals surface area contributed by atoms with Gasteiger partial charge in [0.05, 0.1) is 11.2 Å². The first-order chi connectivity index (χ1) is 10.2. The van der Waals surface area contributed by atoms with Crippen molar-refractivity contribution in [2.45, 2.75) is 19.3 Å². The summed E-state index contributed by atoms with van der Waals surface area (Å²) in [7, 11) is 0. The highest BCUT2D eigenvalue weighted by Gasteiger charge is 2.22. The molecule has 0 radical (unpaired) electrons. The Morgan fingerprint density at radius 1 is 1.48 bits per heavy atom. The molecule has 0 unspecified atom stereocenters. The molecule has 1 aromatic heterocycles. The largest absolute Gasteiger partial charge is 0.292 e. The molecule has 1 heterocycles. The number of halogens is 2. The van der Waals surface area contributed by atoms with Gasteiger partial charge in [-0.1, -0.05) is 17.7 Å². The van der Waals surface area contributed by atoms with Crippen LogP contribution in [0.4, 0.5) is 4.39 Å². The molecule has 0 saturated heterocycles. The van der Waals surface area contributed by atoms with E-state index < -0.39 is 11.7 Å². The number of benzene rings is 1. The molecule has 5 nitrogen and oxygen atoms in total. The van der Waals surface area contributed by atoms with Gasteiger partial charge in [-0.2, -0.15) is 10.2 Å². The van der Waals surface area contributed by atoms with E-state index >= 15 is 0 Å². The van der Waals surface area contributed by atoms with Crippen molar-refractivity contribution in [2.75, 3.05) is 0 Å². The van der Waals surface area contributed by atoms with Crippen molar-refractivity contribution in [1.82, 2.24) is 15.6 Å². The molecule has 0 atom stereocenters. The van der Waals surface area contributed by atoms with Gasteiger partial charge < -0.3 is 0 Å². The second-order valence-electron chi connectivity index (χ2n) is 4.72. The van der Waals surface area contributed by atoms with Crippen LogP contribution in [0.1, 0.15) is 33.7 Å². The van der Waals surface area contributed by atoms with Crippen molar-refractivity contribution in [1.29, 1.82) is 0 Å². The van der Waals surface area contributed by atoms with E-state index in [1.807, 2.05) is 0 Å². The summed E-state index contributed by atoms with van der Waals surface area (Å²) in [5, 5.41) is 10.8. The maximum atomic E-state index is 13.5. The summed E-state index contributed by atoms with van der Waals surface area (Å²) in [6, 6.07) is 4.32. The van der Waals surface area contributed by atoms with E-state index in [1.54, 1.807) is 6.07 Å². The van der Waals surface area contributed by atoms with Crippen molar-refractivity contribution in [3.05, 3.63) is 51.6 Å². The van der Waals surface area contributed by atoms with Gasteiger partial charge in [-0.3, -0.25) is 9.89 Å². The molecule has 0 saturated carbocycles. The number of nitrogens with one attached hydrogen (secondary N) is 2. The number of H-pyrrole nitrogens is 1. The van der Waals surface area contributed by atoms with Gasteiger partial charge in [0.1, 0.15) is 5.82 Å². The van der Waals surface area contributed by atoms with Crippen LogP contribution in [0.25, 0.3) is 0 Å². The Hall–Kier alpha value is -2.21. The zero-order valence-electron chi connectivity index (χ0n) is 11.0. The third-order valence-electron chi connectivity index (χ3n) is 3.38. The van der Waals surface area contributed by atoms with Crippen LogP contribution < -0.4 is 5.43 Å². The van der Waals surface area contributed by atoms with Gasteiger partial charge in [0.25, 0.3) is 5.91 Å². The Balaban J connectivity index is 1.72. The molecule has 1 aliphatic rings. The minimum Gasteiger partial charge on any atom is -0.281 e. The topological polar surface area (TPSA) is 70.1 Å². The molecule has 21 heavy (non-hydrogen) atoms. The first-order valence-corrected chi connectivity index (χ1v) is 6.88. The van der Waals surface area contributed by atoms with Crippen molar-refractivity contribution >= 4 is 23.7 Å². The van der Waals surface area contributed by atoms with E-state index in [0.29, 0.717) is 5.69 Å². The molecule has 2 aromatic rings. The van der Waals surface area contributed by atoms with Gasteiger partial charge in [0, 0.05) is 16.8 Å². The number of hydrogen-bond acceptors (Lipinski definition) is 3. The molecule has 1 amide bonds. The predicted octanol–water partition coefficient (Wildman–Crippen LogP) is 2.45. The molecule has 0 spiro atoms. The fraction of sp³-hybridized carbons (Fsp3) is 0.214. The van der Waals surface area contributed by atoms with Crippen LogP contribution in [-0.4, -0.2) is 22.3 Å². The van der Waals surface area contributed by atoms with E-state index in [4.69, 9.17) is 11.6 Å². The predicted molar refractivity (Wildman–Crippen MR) is 77.1 cm³/mol. The molecule has 2 N–H and O–H groups in total. The average Bonchev–Trinajstić information content (AvgIpc) is 3.04. The number of fused-ring (bicyclic) bond motifs is 1. The number of rotatable bonds is 3. The Labute approximate surface area is 125 Å². The van der Waals surface area contributed by atoms with Gasteiger partial charge in [0.2, 0.25) is 0 Å². The van der Waals surface area contributed by atoms with Gasteiger partial charge in [-0.05, 0) is 31.4 Å². The highest BCUT2D eigenvalue weighted by atomic mass is 35.5. The highest BCUT2D eigenvalue weighted by Crippen LogP contribution is 2.22. The molecule has 0 bridgehead atoms. The Bertz CT molecular complexity index is 706. The second-order valence-corrected chi connectivity index (χ2v) is 5.12. The van der Waals surface area contributed by atoms with Gasteiger partial charge >= 0.3 is 0 Å². The number of aromatic amines is 1. The molecule has 108 valence electrons. The maximum absolute atomic E-state index is 13.5. The van der Waals surface area contributed by atoms with E-state index in [1.165, 1.54) is 18.3 Å². The number of carbonyl (C=O) groups is 1. The zero-order valence-corrected chi connectivity index (χ0v) is 11.7. The van der Waals surface area contributed by atoms with Gasteiger partial charge in [0.15, 0.2) is 5.69 Å². The lowest BCUT2D eigenvalue weighted by atomic mass is 10.2. The average molecular weight is 307 g/mol. The van der Waals surface area contributed by atoms with Crippen molar-refractivity contribution in [2.24, 2.45) is 5.10 Å². The molecule has 1 aromatic carbocycles. The van der Waals surface area contributed by atoms with E-state index in [-0.39, 0.29) is 10.6 Å². The third-order valence-corrected chi connectivity index (χ3v) is 3.71. The molecular weight excluding hydrogens is 295 g/mol. The SMILES string of the molecule is O=C(N/N=C\c1c(F)cccc1Cl)c1n[nH]c2c1CCC2. The molecule has 0 aliphatic heterocycles. The molecule has 0 fully saturated rings. The lowest BCUT2D eigenvalue weighted by molar-refractivity contribution is 0.0949. The quantitative estimate of drug-likeness (QED) is 0.675. The highest BCUT2D eigenvalue weighted by molar-refractivity contribution is 6.33. The normalized spacial score (nSPS) is 13.6. The fourth-order valence-corrected chi connectivity index (χ4v) is 2.56. The fourth-order valence-electron chi connectivity index (χ4n) is 2.35. The number of amides is 1. The number of aromatic nitrogens is 2. The number of aryl methyl sites for hydroxylation is 1. The Kier molecular flexibility index (Phi) is 3.70. The van der Waals surface area contributed by atoms with Crippen LogP contribution >= 0.6 is 11.6 Å². The van der Waals surface area contributed by atoms with Crippen LogP contribution in [0.5, 0.6) is 0 Å². The number of nitrogens with zero attached hydrogens (tertiary/aromatic N) is 2. The van der Waals surface area contributed by atoms with Crippen LogP contribution in [0.3, 0.4) is 0 Å². The summed E-state index contributed by atoms with van der Waals surface area (Å²) < 4.78 is 13.5. The molecule has 1 aliphatic carbocycles. The van der Waals surface area contributed by atoms with Crippen LogP contribution in [0.15, 0.2) is 23.3 Å². The Morgan fingerprint density at radius 2 is 2.33 bits per heavy atom. The molecule has 7 heteroatoms. The number of hydrogen-bond donors (Lipinski definition) is 2. The monoisotopic (exact) mass is 306 g/mol. The summed E-state index contributed by atoms with van der Waals surface area (Å²) in [5.74, 6) is -0.917. The van der Waals surface area contributed by atoms with Gasteiger partial charge in [-0.25, -0.2) is 9.82 Å². The van der Waals surface area contributed by atoms with Crippen molar-refractivity contribution in [3.63, 3.8) is 0 Å². The Morgan fingerprint density at radius 3 is 3.14 bits per heavy atom.